The molecule has 1 fully saturated rings. The molecule has 0 radical (unpaired) electrons. The molecule has 2 unspecified atom stereocenters. The normalized spacial score (nSPS) is 17.8. The first-order valence-corrected chi connectivity index (χ1v) is 9.91. The number of halogens is 1. The molecule has 0 spiro atoms. The van der Waals surface area contributed by atoms with Crippen LogP contribution < -0.4 is 10.6 Å². The first kappa shape index (κ1) is 22.4. The van der Waals surface area contributed by atoms with Gasteiger partial charge in [-0.25, -0.2) is 0 Å². The summed E-state index contributed by atoms with van der Waals surface area (Å²) in [5.74, 6) is -0.0876. The molecule has 2 heterocycles. The Morgan fingerprint density at radius 1 is 1.36 bits per heavy atom. The van der Waals surface area contributed by atoms with Crippen LogP contribution >= 0.6 is 12.4 Å². The summed E-state index contributed by atoms with van der Waals surface area (Å²) in [6.45, 7) is 5.75. The number of nitrogens with zero attached hydrogens (tertiary/aromatic N) is 3. The van der Waals surface area contributed by atoms with Gasteiger partial charge in [0.15, 0.2) is 0 Å². The first-order chi connectivity index (χ1) is 13.1. The second-order valence-electron chi connectivity index (χ2n) is 7.48. The number of amides is 1. The maximum Gasteiger partial charge on any atom is 0.271 e. The van der Waals surface area contributed by atoms with Crippen LogP contribution in [0.4, 0.5) is 0 Å². The van der Waals surface area contributed by atoms with E-state index in [9.17, 15) is 4.79 Å². The van der Waals surface area contributed by atoms with Crippen molar-refractivity contribution in [1.82, 2.24) is 25.3 Å². The first-order valence-electron chi connectivity index (χ1n) is 9.91. The highest BCUT2D eigenvalue weighted by atomic mass is 35.5. The topological polar surface area (TPSA) is 62.2 Å². The molecule has 1 saturated heterocycles. The maximum absolute atomic E-state index is 12.4. The molecule has 1 aliphatic heterocycles. The Hall–Kier alpha value is -1.89. The number of hydrogen-bond donors (Lipinski definition) is 2. The lowest BCUT2D eigenvalue weighted by Crippen LogP contribution is -2.34. The zero-order valence-electron chi connectivity index (χ0n) is 16.8. The number of hydrogen-bond acceptors (Lipinski definition) is 4. The molecule has 2 aromatic rings. The third kappa shape index (κ3) is 6.33. The van der Waals surface area contributed by atoms with Gasteiger partial charge in [0.1, 0.15) is 5.69 Å². The van der Waals surface area contributed by atoms with Gasteiger partial charge in [0, 0.05) is 31.9 Å². The number of nitrogens with one attached hydrogen (secondary N) is 2. The van der Waals surface area contributed by atoms with Crippen LogP contribution in [0.1, 0.15) is 48.3 Å². The van der Waals surface area contributed by atoms with Crippen molar-refractivity contribution < 1.29 is 4.79 Å². The van der Waals surface area contributed by atoms with Crippen molar-refractivity contribution in [2.24, 2.45) is 0 Å². The number of carbonyl (C=O) groups excluding carboxylic acids is 1. The largest absolute Gasteiger partial charge is 0.351 e. The van der Waals surface area contributed by atoms with E-state index in [1.807, 2.05) is 23.0 Å². The Morgan fingerprint density at radius 3 is 2.86 bits per heavy atom. The van der Waals surface area contributed by atoms with Crippen LogP contribution in [0, 0.1) is 0 Å². The van der Waals surface area contributed by atoms with E-state index in [4.69, 9.17) is 0 Å². The number of piperidine rings is 1. The zero-order chi connectivity index (χ0) is 19.1. The molecule has 0 saturated carbocycles. The summed E-state index contributed by atoms with van der Waals surface area (Å²) < 4.78 is 1.93. The molecule has 1 aliphatic rings. The molecule has 2 atom stereocenters. The van der Waals surface area contributed by atoms with Gasteiger partial charge in [0.25, 0.3) is 5.91 Å². The van der Waals surface area contributed by atoms with E-state index < -0.39 is 0 Å². The Labute approximate surface area is 174 Å². The summed E-state index contributed by atoms with van der Waals surface area (Å²) in [6, 6.07) is 13.0. The van der Waals surface area contributed by atoms with Crippen molar-refractivity contribution in [3.8, 4) is 0 Å². The molecular weight excluding hydrogens is 374 g/mol. The molecule has 0 bridgehead atoms. The summed E-state index contributed by atoms with van der Waals surface area (Å²) in [7, 11) is 2.12. The summed E-state index contributed by atoms with van der Waals surface area (Å²) in [5, 5.41) is 10.9. The molecule has 0 aliphatic carbocycles. The summed E-state index contributed by atoms with van der Waals surface area (Å²) in [6.07, 6.45) is 5.09. The zero-order valence-corrected chi connectivity index (χ0v) is 17.6. The third-order valence-electron chi connectivity index (χ3n) is 5.36. The summed E-state index contributed by atoms with van der Waals surface area (Å²) >= 11 is 0. The monoisotopic (exact) mass is 405 g/mol. The van der Waals surface area contributed by atoms with Gasteiger partial charge in [-0.1, -0.05) is 30.3 Å². The average molecular weight is 406 g/mol. The second kappa shape index (κ2) is 11.2. The van der Waals surface area contributed by atoms with Crippen LogP contribution in [0.15, 0.2) is 42.6 Å². The van der Waals surface area contributed by atoms with Crippen molar-refractivity contribution in [3.63, 3.8) is 0 Å². The van der Waals surface area contributed by atoms with Crippen LogP contribution in [0.2, 0.25) is 0 Å². The quantitative estimate of drug-likeness (QED) is 0.708. The third-order valence-corrected chi connectivity index (χ3v) is 5.36. The Kier molecular flexibility index (Phi) is 8.96. The van der Waals surface area contributed by atoms with Crippen molar-refractivity contribution in [1.29, 1.82) is 0 Å². The molecule has 7 heteroatoms. The molecule has 3 rings (SSSR count). The highest BCUT2D eigenvalue weighted by Gasteiger charge is 2.18. The number of rotatable bonds is 8. The number of benzene rings is 1. The lowest BCUT2D eigenvalue weighted by Gasteiger charge is -2.24. The fraction of sp³-hybridized carbons (Fsp3) is 0.524. The van der Waals surface area contributed by atoms with Crippen LogP contribution in [0.3, 0.4) is 0 Å². The van der Waals surface area contributed by atoms with E-state index in [-0.39, 0.29) is 18.3 Å². The van der Waals surface area contributed by atoms with Crippen molar-refractivity contribution in [2.75, 3.05) is 26.7 Å². The van der Waals surface area contributed by atoms with E-state index in [1.165, 1.54) is 5.56 Å². The molecule has 6 nitrogen and oxygen atoms in total. The molecular formula is C21H32ClN5O. The minimum Gasteiger partial charge on any atom is -0.351 e. The fourth-order valence-electron chi connectivity index (χ4n) is 3.45. The van der Waals surface area contributed by atoms with Crippen LogP contribution in [-0.2, 0) is 6.54 Å². The smallest absolute Gasteiger partial charge is 0.271 e. The standard InChI is InChI=1S/C21H31N5O.ClH/c1-17(25(2)16-18-7-4-3-5-8-18)10-13-23-21(27)20-11-14-26(24-20)19-9-6-12-22-15-19;/h3-5,7-8,11,14,17,19,22H,6,9-10,12-13,15-16H2,1-2H3,(H,23,27);1H. The molecule has 28 heavy (non-hydrogen) atoms. The minimum absolute atomic E-state index is 0. The Bertz CT molecular complexity index is 715. The molecule has 2 N–H and O–H groups in total. The van der Waals surface area contributed by atoms with Crippen LogP contribution in [0.5, 0.6) is 0 Å². The summed E-state index contributed by atoms with van der Waals surface area (Å²) in [5.41, 5.74) is 1.81. The van der Waals surface area contributed by atoms with Crippen molar-refractivity contribution >= 4 is 18.3 Å². The molecule has 1 aromatic heterocycles. The van der Waals surface area contributed by atoms with Gasteiger partial charge in [-0.3, -0.25) is 14.4 Å². The van der Waals surface area contributed by atoms with Crippen LogP contribution in [-0.4, -0.2) is 53.3 Å². The molecule has 154 valence electrons. The lowest BCUT2D eigenvalue weighted by molar-refractivity contribution is 0.0942. The van der Waals surface area contributed by atoms with Gasteiger partial charge in [-0.2, -0.15) is 5.10 Å². The number of carbonyl (C=O) groups is 1. The van der Waals surface area contributed by atoms with E-state index in [0.29, 0.717) is 24.3 Å². The van der Waals surface area contributed by atoms with E-state index >= 15 is 0 Å². The van der Waals surface area contributed by atoms with Gasteiger partial charge >= 0.3 is 0 Å². The Morgan fingerprint density at radius 2 is 2.14 bits per heavy atom. The van der Waals surface area contributed by atoms with Gasteiger partial charge in [-0.15, -0.1) is 12.4 Å². The second-order valence-corrected chi connectivity index (χ2v) is 7.48. The van der Waals surface area contributed by atoms with Gasteiger partial charge in [0.2, 0.25) is 0 Å². The van der Waals surface area contributed by atoms with E-state index in [0.717, 1.165) is 38.9 Å². The highest BCUT2D eigenvalue weighted by Crippen LogP contribution is 2.15. The minimum atomic E-state index is -0.0876. The average Bonchev–Trinajstić information content (AvgIpc) is 3.19. The van der Waals surface area contributed by atoms with Gasteiger partial charge in [0.05, 0.1) is 6.04 Å². The SMILES string of the molecule is CC(CCNC(=O)c1ccn(C2CCCNC2)n1)N(C)Cc1ccccc1.Cl. The fourth-order valence-corrected chi connectivity index (χ4v) is 3.45. The lowest BCUT2D eigenvalue weighted by atomic mass is 10.1. The molecule has 1 aromatic carbocycles. The van der Waals surface area contributed by atoms with E-state index in [1.54, 1.807) is 0 Å². The van der Waals surface area contributed by atoms with Gasteiger partial charge in [-0.05, 0) is 51.4 Å². The predicted octanol–water partition coefficient (Wildman–Crippen LogP) is 2.87. The summed E-state index contributed by atoms with van der Waals surface area (Å²) in [4.78, 5) is 14.7. The highest BCUT2D eigenvalue weighted by molar-refractivity contribution is 5.92. The van der Waals surface area contributed by atoms with Crippen molar-refractivity contribution in [3.05, 3.63) is 53.9 Å². The number of aromatic nitrogens is 2. The van der Waals surface area contributed by atoms with Crippen LogP contribution in [0.25, 0.3) is 0 Å². The Balaban J connectivity index is 0.00000280. The maximum atomic E-state index is 12.4. The van der Waals surface area contributed by atoms with Gasteiger partial charge < -0.3 is 10.6 Å². The van der Waals surface area contributed by atoms with Crippen molar-refractivity contribution in [2.45, 2.75) is 44.8 Å². The molecule has 1 amide bonds. The predicted molar refractivity (Wildman–Crippen MR) is 115 cm³/mol. The van der Waals surface area contributed by atoms with E-state index in [2.05, 4.69) is 58.9 Å².